The van der Waals surface area contributed by atoms with Crippen LogP contribution in [0, 0.1) is 0 Å². The maximum Gasteiger partial charge on any atom is 0.317 e. The number of aromatic nitrogens is 2. The standard InChI is InChI=1S/C29H40N6O/c1-21(2)31-29(36)33-16-14-32(15-17-33)27-11-12-30-35-20-26(18-28(27)35)24-9-7-23(8-10-24)25-6-5-13-34(19-25)22(3)4/h7-12,18,20-22,25H,5-6,13-17,19H2,1-4H3,(H,31,36)/t25-/m0/s1. The molecule has 0 bridgehead atoms. The third-order valence-corrected chi connectivity index (χ3v) is 7.70. The molecule has 1 atom stereocenters. The van der Waals surface area contributed by atoms with Crippen LogP contribution in [0.5, 0.6) is 0 Å². The summed E-state index contributed by atoms with van der Waals surface area (Å²) in [5, 5.41) is 7.59. The van der Waals surface area contributed by atoms with Gasteiger partial charge in [-0.2, -0.15) is 5.10 Å². The molecule has 7 heteroatoms. The molecule has 0 saturated carbocycles. The third kappa shape index (κ3) is 5.21. The van der Waals surface area contributed by atoms with Crippen molar-refractivity contribution >= 4 is 17.2 Å². The maximum atomic E-state index is 12.4. The van der Waals surface area contributed by atoms with E-state index in [0.29, 0.717) is 12.0 Å². The number of urea groups is 1. The Morgan fingerprint density at radius 2 is 1.72 bits per heavy atom. The van der Waals surface area contributed by atoms with Crippen LogP contribution < -0.4 is 10.2 Å². The molecule has 192 valence electrons. The van der Waals surface area contributed by atoms with Crippen molar-refractivity contribution in [1.82, 2.24) is 24.7 Å². The summed E-state index contributed by atoms with van der Waals surface area (Å²) < 4.78 is 1.98. The van der Waals surface area contributed by atoms with Gasteiger partial charge in [-0.1, -0.05) is 24.3 Å². The van der Waals surface area contributed by atoms with Gasteiger partial charge >= 0.3 is 6.03 Å². The highest BCUT2D eigenvalue weighted by Gasteiger charge is 2.24. The van der Waals surface area contributed by atoms with Gasteiger partial charge in [0.2, 0.25) is 0 Å². The van der Waals surface area contributed by atoms with E-state index in [-0.39, 0.29) is 12.1 Å². The van der Waals surface area contributed by atoms with Gasteiger partial charge in [0.1, 0.15) is 0 Å². The van der Waals surface area contributed by atoms with E-state index in [2.05, 4.69) is 76.7 Å². The highest BCUT2D eigenvalue weighted by molar-refractivity contribution is 5.80. The van der Waals surface area contributed by atoms with E-state index < -0.39 is 0 Å². The van der Waals surface area contributed by atoms with Crippen molar-refractivity contribution in [3.05, 3.63) is 54.4 Å². The number of nitrogens with zero attached hydrogens (tertiary/aromatic N) is 5. The number of rotatable bonds is 5. The molecule has 5 rings (SSSR count). The summed E-state index contributed by atoms with van der Waals surface area (Å²) in [5.41, 5.74) is 6.14. The zero-order valence-corrected chi connectivity index (χ0v) is 22.2. The first kappa shape index (κ1) is 24.6. The van der Waals surface area contributed by atoms with Crippen LogP contribution in [0.3, 0.4) is 0 Å². The van der Waals surface area contributed by atoms with Crippen LogP contribution in [-0.4, -0.2) is 76.8 Å². The zero-order valence-electron chi connectivity index (χ0n) is 22.2. The van der Waals surface area contributed by atoms with Crippen molar-refractivity contribution in [1.29, 1.82) is 0 Å². The number of piperazine rings is 1. The highest BCUT2D eigenvalue weighted by atomic mass is 16.2. The molecule has 2 fully saturated rings. The lowest BCUT2D eigenvalue weighted by Crippen LogP contribution is -2.53. The van der Waals surface area contributed by atoms with Gasteiger partial charge in [-0.25, -0.2) is 9.31 Å². The van der Waals surface area contributed by atoms with Gasteiger partial charge in [-0.15, -0.1) is 0 Å². The number of piperidine rings is 1. The fraction of sp³-hybridized carbons (Fsp3) is 0.517. The predicted molar refractivity (Wildman–Crippen MR) is 147 cm³/mol. The molecule has 0 unspecified atom stereocenters. The Morgan fingerprint density at radius 3 is 2.42 bits per heavy atom. The number of fused-ring (bicyclic) bond motifs is 1. The number of amides is 2. The van der Waals surface area contributed by atoms with Crippen LogP contribution in [0.1, 0.15) is 52.0 Å². The van der Waals surface area contributed by atoms with Gasteiger partial charge in [-0.3, -0.25) is 0 Å². The molecular weight excluding hydrogens is 448 g/mol. The summed E-state index contributed by atoms with van der Waals surface area (Å²) in [6, 6.07) is 14.3. The molecule has 0 radical (unpaired) electrons. The molecule has 0 spiro atoms. The monoisotopic (exact) mass is 488 g/mol. The molecule has 0 aliphatic carbocycles. The minimum absolute atomic E-state index is 0.0306. The van der Waals surface area contributed by atoms with Gasteiger partial charge in [0, 0.05) is 62.8 Å². The van der Waals surface area contributed by atoms with Gasteiger partial charge in [-0.05, 0) is 76.3 Å². The minimum Gasteiger partial charge on any atom is -0.366 e. The number of hydrogen-bond donors (Lipinski definition) is 1. The minimum atomic E-state index is 0.0306. The van der Waals surface area contributed by atoms with Gasteiger partial charge in [0.15, 0.2) is 0 Å². The Labute approximate surface area is 215 Å². The van der Waals surface area contributed by atoms with E-state index in [4.69, 9.17) is 0 Å². The second-order valence-electron chi connectivity index (χ2n) is 10.9. The number of benzene rings is 1. The normalized spacial score (nSPS) is 19.4. The quantitative estimate of drug-likeness (QED) is 0.559. The second-order valence-corrected chi connectivity index (χ2v) is 10.9. The molecule has 1 aromatic carbocycles. The largest absolute Gasteiger partial charge is 0.366 e. The average Bonchev–Trinajstić information content (AvgIpc) is 3.33. The van der Waals surface area contributed by atoms with Gasteiger partial charge in [0.25, 0.3) is 0 Å². The molecule has 3 aromatic rings. The van der Waals surface area contributed by atoms with Crippen LogP contribution >= 0.6 is 0 Å². The van der Waals surface area contributed by atoms with Crippen molar-refractivity contribution in [2.75, 3.05) is 44.2 Å². The molecule has 2 aliphatic rings. The number of nitrogens with one attached hydrogen (secondary N) is 1. The first-order valence-electron chi connectivity index (χ1n) is 13.5. The van der Waals surface area contributed by atoms with Crippen molar-refractivity contribution in [3.63, 3.8) is 0 Å². The van der Waals surface area contributed by atoms with E-state index in [1.165, 1.54) is 41.8 Å². The number of likely N-dealkylation sites (tertiary alicyclic amines) is 1. The van der Waals surface area contributed by atoms with Gasteiger partial charge < -0.3 is 20.0 Å². The van der Waals surface area contributed by atoms with Crippen LogP contribution in [0.2, 0.25) is 0 Å². The molecule has 7 nitrogen and oxygen atoms in total. The summed E-state index contributed by atoms with van der Waals surface area (Å²) in [6.45, 7) is 14.0. The van der Waals surface area contributed by atoms with E-state index in [1.54, 1.807) is 0 Å². The van der Waals surface area contributed by atoms with Crippen molar-refractivity contribution < 1.29 is 4.79 Å². The highest BCUT2D eigenvalue weighted by Crippen LogP contribution is 2.32. The Hall–Kier alpha value is -3.06. The molecule has 1 N–H and O–H groups in total. The summed E-state index contributed by atoms with van der Waals surface area (Å²) in [4.78, 5) is 19.3. The number of carbonyl (C=O) groups excluding carboxylic acids is 1. The topological polar surface area (TPSA) is 56.1 Å². The fourth-order valence-electron chi connectivity index (χ4n) is 5.61. The summed E-state index contributed by atoms with van der Waals surface area (Å²) in [5.74, 6) is 0.623. The van der Waals surface area contributed by atoms with Gasteiger partial charge in [0.05, 0.1) is 11.2 Å². The number of hydrogen-bond acceptors (Lipinski definition) is 4. The lowest BCUT2D eigenvalue weighted by molar-refractivity contribution is 0.167. The first-order valence-corrected chi connectivity index (χ1v) is 13.5. The Balaban J connectivity index is 1.30. The Kier molecular flexibility index (Phi) is 7.19. The Morgan fingerprint density at radius 1 is 0.972 bits per heavy atom. The Bertz CT molecular complexity index is 1180. The molecular formula is C29H40N6O. The summed E-state index contributed by atoms with van der Waals surface area (Å²) in [7, 11) is 0. The molecule has 2 amide bonds. The molecule has 4 heterocycles. The van der Waals surface area contributed by atoms with Crippen molar-refractivity contribution in [2.45, 2.75) is 58.5 Å². The predicted octanol–water partition coefficient (Wildman–Crippen LogP) is 4.83. The first-order chi connectivity index (χ1) is 17.4. The van der Waals surface area contributed by atoms with E-state index >= 15 is 0 Å². The zero-order chi connectivity index (χ0) is 25.2. The second kappa shape index (κ2) is 10.5. The summed E-state index contributed by atoms with van der Waals surface area (Å²) >= 11 is 0. The number of carbonyl (C=O) groups is 1. The third-order valence-electron chi connectivity index (χ3n) is 7.70. The maximum absolute atomic E-state index is 12.4. The van der Waals surface area contributed by atoms with Crippen LogP contribution in [0.4, 0.5) is 10.5 Å². The van der Waals surface area contributed by atoms with Crippen LogP contribution in [0.25, 0.3) is 16.6 Å². The smallest absolute Gasteiger partial charge is 0.317 e. The van der Waals surface area contributed by atoms with Crippen molar-refractivity contribution in [2.24, 2.45) is 0 Å². The fourth-order valence-corrected chi connectivity index (χ4v) is 5.61. The molecule has 2 aliphatic heterocycles. The van der Waals surface area contributed by atoms with E-state index in [9.17, 15) is 4.79 Å². The van der Waals surface area contributed by atoms with Crippen molar-refractivity contribution in [3.8, 4) is 11.1 Å². The summed E-state index contributed by atoms with van der Waals surface area (Å²) in [6.07, 6.45) is 6.55. The van der Waals surface area contributed by atoms with E-state index in [0.717, 1.165) is 38.2 Å². The average molecular weight is 489 g/mol. The van der Waals surface area contributed by atoms with Crippen LogP contribution in [0.15, 0.2) is 48.8 Å². The molecule has 36 heavy (non-hydrogen) atoms. The SMILES string of the molecule is CC(C)NC(=O)N1CCN(c2ccnn3cc(-c4ccc([C@H]5CCCN(C(C)C)C5)cc4)cc23)CC1. The number of anilines is 1. The molecule has 2 saturated heterocycles. The molecule has 2 aromatic heterocycles. The lowest BCUT2D eigenvalue weighted by Gasteiger charge is -2.36. The van der Waals surface area contributed by atoms with E-state index in [1.807, 2.05) is 29.5 Å². The van der Waals surface area contributed by atoms with Crippen LogP contribution in [-0.2, 0) is 0 Å². The lowest BCUT2D eigenvalue weighted by atomic mass is 9.89.